The zero-order valence-electron chi connectivity index (χ0n) is 7.06. The molecule has 0 aliphatic carbocycles. The Morgan fingerprint density at radius 2 is 2.15 bits per heavy atom. The van der Waals surface area contributed by atoms with E-state index in [4.69, 9.17) is 0 Å². The van der Waals surface area contributed by atoms with Crippen molar-refractivity contribution in [3.8, 4) is 0 Å². The Hall–Kier alpha value is -1.84. The lowest BCUT2D eigenvalue weighted by molar-refractivity contribution is 1.26. The molecule has 0 unspecified atom stereocenters. The van der Waals surface area contributed by atoms with Gasteiger partial charge in [-0.1, -0.05) is 0 Å². The fourth-order valence-corrected chi connectivity index (χ4v) is 1.24. The fourth-order valence-electron chi connectivity index (χ4n) is 1.24. The first-order valence-corrected chi connectivity index (χ1v) is 3.85. The number of nitrogens with zero attached hydrogens (tertiary/aromatic N) is 3. The highest BCUT2D eigenvalue weighted by atomic mass is 16.3. The van der Waals surface area contributed by atoms with Crippen molar-refractivity contribution in [2.75, 3.05) is 0 Å². The molecule has 0 fully saturated rings. The van der Waals surface area contributed by atoms with E-state index < -0.39 is 0 Å². The average molecular weight is 173 g/mol. The summed E-state index contributed by atoms with van der Waals surface area (Å²) >= 11 is 0. The zero-order valence-corrected chi connectivity index (χ0v) is 7.06. The van der Waals surface area contributed by atoms with Crippen LogP contribution in [0.5, 0.6) is 0 Å². The minimum atomic E-state index is 0.333. The van der Waals surface area contributed by atoms with E-state index in [1.807, 2.05) is 6.92 Å². The maximum Gasteiger partial charge on any atom is 0.126 e. The highest BCUT2D eigenvalue weighted by Crippen LogP contribution is 2.19. The standard InChI is InChI=1S/C9H7N3O/c1-6-3-10-4-7-2-8(12-13)5-11-9(6)7/h2-5H,1H3. The minimum absolute atomic E-state index is 0.333. The number of fused-ring (bicyclic) bond motifs is 1. The Kier molecular flexibility index (Phi) is 1.73. The Balaban J connectivity index is 2.79. The summed E-state index contributed by atoms with van der Waals surface area (Å²) in [7, 11) is 0. The van der Waals surface area contributed by atoms with Crippen LogP contribution in [0.25, 0.3) is 10.9 Å². The molecule has 0 aliphatic heterocycles. The van der Waals surface area contributed by atoms with E-state index in [1.54, 1.807) is 18.5 Å². The van der Waals surface area contributed by atoms with Crippen LogP contribution in [0, 0.1) is 11.8 Å². The molecule has 0 radical (unpaired) electrons. The molecule has 0 saturated carbocycles. The molecule has 0 aromatic carbocycles. The second-order valence-corrected chi connectivity index (χ2v) is 2.81. The first-order valence-electron chi connectivity index (χ1n) is 3.85. The maximum atomic E-state index is 10.2. The van der Waals surface area contributed by atoms with Crippen LogP contribution in [0.3, 0.4) is 0 Å². The topological polar surface area (TPSA) is 55.2 Å². The quantitative estimate of drug-likeness (QED) is 0.622. The lowest BCUT2D eigenvalue weighted by atomic mass is 10.2. The smallest absolute Gasteiger partial charge is 0.126 e. The molecule has 0 bridgehead atoms. The second-order valence-electron chi connectivity index (χ2n) is 2.81. The lowest BCUT2D eigenvalue weighted by Crippen LogP contribution is -1.84. The van der Waals surface area contributed by atoms with Gasteiger partial charge in [0.2, 0.25) is 0 Å². The van der Waals surface area contributed by atoms with Crippen molar-refractivity contribution in [2.24, 2.45) is 5.18 Å². The van der Waals surface area contributed by atoms with Gasteiger partial charge in [0, 0.05) is 17.8 Å². The van der Waals surface area contributed by atoms with Gasteiger partial charge in [-0.15, -0.1) is 4.91 Å². The van der Waals surface area contributed by atoms with E-state index >= 15 is 0 Å². The largest absolute Gasteiger partial charge is 0.264 e. The molecule has 0 saturated heterocycles. The summed E-state index contributed by atoms with van der Waals surface area (Å²) in [5, 5.41) is 3.65. The van der Waals surface area contributed by atoms with Gasteiger partial charge in [-0.25, -0.2) is 0 Å². The van der Waals surface area contributed by atoms with E-state index in [0.29, 0.717) is 5.69 Å². The Morgan fingerprint density at radius 3 is 2.92 bits per heavy atom. The number of nitroso groups, excluding NO2 is 1. The molecule has 0 spiro atoms. The van der Waals surface area contributed by atoms with Crippen LogP contribution in [0.15, 0.2) is 29.8 Å². The van der Waals surface area contributed by atoms with Crippen molar-refractivity contribution in [1.82, 2.24) is 9.97 Å². The van der Waals surface area contributed by atoms with Gasteiger partial charge in [-0.05, 0) is 23.7 Å². The maximum absolute atomic E-state index is 10.2. The molecule has 0 atom stereocenters. The van der Waals surface area contributed by atoms with Crippen LogP contribution < -0.4 is 0 Å². The SMILES string of the molecule is Cc1cncc2cc(N=O)cnc12. The normalized spacial score (nSPS) is 10.2. The summed E-state index contributed by atoms with van der Waals surface area (Å²) in [6, 6.07) is 1.68. The van der Waals surface area contributed by atoms with Gasteiger partial charge in [-0.2, -0.15) is 0 Å². The van der Waals surface area contributed by atoms with Gasteiger partial charge in [0.25, 0.3) is 0 Å². The van der Waals surface area contributed by atoms with E-state index in [1.165, 1.54) is 6.20 Å². The Morgan fingerprint density at radius 1 is 1.31 bits per heavy atom. The highest BCUT2D eigenvalue weighted by Gasteiger charge is 2.00. The number of aryl methyl sites for hydroxylation is 1. The van der Waals surface area contributed by atoms with E-state index in [-0.39, 0.29) is 0 Å². The van der Waals surface area contributed by atoms with Gasteiger partial charge >= 0.3 is 0 Å². The molecule has 2 aromatic rings. The van der Waals surface area contributed by atoms with Crippen LogP contribution in [-0.4, -0.2) is 9.97 Å². The molecule has 0 amide bonds. The second kappa shape index (κ2) is 2.90. The number of hydrogen-bond donors (Lipinski definition) is 0. The molecule has 4 heteroatoms. The van der Waals surface area contributed by atoms with Crippen molar-refractivity contribution in [2.45, 2.75) is 6.92 Å². The third-order valence-electron chi connectivity index (χ3n) is 1.86. The highest BCUT2D eigenvalue weighted by molar-refractivity contribution is 5.82. The molecule has 2 aromatic heterocycles. The molecule has 0 N–H and O–H groups in total. The monoisotopic (exact) mass is 173 g/mol. The van der Waals surface area contributed by atoms with Gasteiger partial charge in [0.15, 0.2) is 0 Å². The fraction of sp³-hybridized carbons (Fsp3) is 0.111. The molecule has 64 valence electrons. The number of aromatic nitrogens is 2. The minimum Gasteiger partial charge on any atom is -0.264 e. The molecule has 2 rings (SSSR count). The predicted molar refractivity (Wildman–Crippen MR) is 49.7 cm³/mol. The van der Waals surface area contributed by atoms with Crippen molar-refractivity contribution < 1.29 is 0 Å². The van der Waals surface area contributed by atoms with E-state index in [2.05, 4.69) is 15.1 Å². The first kappa shape index (κ1) is 7.79. The Bertz CT molecular complexity index is 467. The number of hydrogen-bond acceptors (Lipinski definition) is 4. The average Bonchev–Trinajstić information content (AvgIpc) is 2.18. The van der Waals surface area contributed by atoms with Gasteiger partial charge in [0.1, 0.15) is 5.69 Å². The van der Waals surface area contributed by atoms with Crippen LogP contribution in [0.1, 0.15) is 5.56 Å². The summed E-state index contributed by atoms with van der Waals surface area (Å²) < 4.78 is 0. The number of rotatable bonds is 1. The molecule has 13 heavy (non-hydrogen) atoms. The predicted octanol–water partition coefficient (Wildman–Crippen LogP) is 2.34. The third kappa shape index (κ3) is 1.26. The summed E-state index contributed by atoms with van der Waals surface area (Å²) in [5.41, 5.74) is 2.19. The Labute approximate surface area is 74.6 Å². The molecule has 0 aliphatic rings. The summed E-state index contributed by atoms with van der Waals surface area (Å²) in [4.78, 5) is 18.3. The van der Waals surface area contributed by atoms with Crippen LogP contribution in [0.2, 0.25) is 0 Å². The van der Waals surface area contributed by atoms with Crippen LogP contribution in [-0.2, 0) is 0 Å². The third-order valence-corrected chi connectivity index (χ3v) is 1.86. The summed E-state index contributed by atoms with van der Waals surface area (Å²) in [5.74, 6) is 0. The first-order chi connectivity index (χ1) is 6.31. The van der Waals surface area contributed by atoms with Gasteiger partial charge < -0.3 is 0 Å². The molecular weight excluding hydrogens is 166 g/mol. The molecule has 2 heterocycles. The zero-order chi connectivity index (χ0) is 9.26. The van der Waals surface area contributed by atoms with Crippen LogP contribution >= 0.6 is 0 Å². The van der Waals surface area contributed by atoms with Gasteiger partial charge in [0.05, 0.1) is 11.7 Å². The van der Waals surface area contributed by atoms with Crippen molar-refractivity contribution in [3.63, 3.8) is 0 Å². The van der Waals surface area contributed by atoms with Gasteiger partial charge in [-0.3, -0.25) is 9.97 Å². The lowest BCUT2D eigenvalue weighted by Gasteiger charge is -1.98. The summed E-state index contributed by atoms with van der Waals surface area (Å²) in [6.07, 6.45) is 4.87. The molecular formula is C9H7N3O. The summed E-state index contributed by atoms with van der Waals surface area (Å²) in [6.45, 7) is 1.93. The van der Waals surface area contributed by atoms with Crippen molar-refractivity contribution in [3.05, 3.63) is 35.1 Å². The number of pyridine rings is 2. The van der Waals surface area contributed by atoms with Crippen molar-refractivity contribution >= 4 is 16.6 Å². The van der Waals surface area contributed by atoms with E-state index in [0.717, 1.165) is 16.5 Å². The van der Waals surface area contributed by atoms with Crippen molar-refractivity contribution in [1.29, 1.82) is 0 Å². The van der Waals surface area contributed by atoms with Crippen LogP contribution in [0.4, 0.5) is 5.69 Å². The molecule has 4 nitrogen and oxygen atoms in total. The van der Waals surface area contributed by atoms with E-state index in [9.17, 15) is 4.91 Å².